The van der Waals surface area contributed by atoms with Crippen LogP contribution in [0.1, 0.15) is 49.1 Å². The molecule has 0 aliphatic carbocycles. The van der Waals surface area contributed by atoms with Gasteiger partial charge < -0.3 is 18.6 Å². The van der Waals surface area contributed by atoms with Crippen molar-refractivity contribution in [3.05, 3.63) is 105 Å². The maximum Gasteiger partial charge on any atom is 0.332 e. The molecule has 4 rings (SSSR count). The van der Waals surface area contributed by atoms with Crippen molar-refractivity contribution >= 4 is 33.5 Å². The fraction of sp³-hybridized carbons (Fsp3) is 0.290. The Morgan fingerprint density at radius 1 is 1.00 bits per heavy atom. The van der Waals surface area contributed by atoms with Gasteiger partial charge in [-0.3, -0.25) is 0 Å². The number of ether oxygens (including phenoxy) is 3. The molecule has 0 aliphatic rings. The van der Waals surface area contributed by atoms with Gasteiger partial charge in [0.25, 0.3) is 0 Å². The van der Waals surface area contributed by atoms with E-state index in [2.05, 4.69) is 15.9 Å². The number of carbonyl (C=O) groups is 1. The van der Waals surface area contributed by atoms with Crippen LogP contribution in [0.25, 0.3) is 11.3 Å². The van der Waals surface area contributed by atoms with Gasteiger partial charge in [-0.15, -0.1) is 0 Å². The van der Waals surface area contributed by atoms with Crippen molar-refractivity contribution in [2.24, 2.45) is 0 Å². The van der Waals surface area contributed by atoms with Crippen molar-refractivity contribution in [3.63, 3.8) is 0 Å². The van der Waals surface area contributed by atoms with Crippen molar-refractivity contribution < 1.29 is 23.4 Å². The molecule has 0 amide bonds. The molecule has 0 N–H and O–H groups in total. The lowest BCUT2D eigenvalue weighted by atomic mass is 10.1. The number of aryl methyl sites for hydroxylation is 1. The number of benzene rings is 3. The Morgan fingerprint density at radius 2 is 1.77 bits per heavy atom. The summed E-state index contributed by atoms with van der Waals surface area (Å²) in [5.41, 5.74) is 4.13. The van der Waals surface area contributed by atoms with Crippen molar-refractivity contribution in [2.75, 3.05) is 6.61 Å². The first-order valence-electron chi connectivity index (χ1n) is 12.6. The zero-order valence-electron chi connectivity index (χ0n) is 22.4. The Bertz CT molecular complexity index is 1430. The first-order valence-corrected chi connectivity index (χ1v) is 13.7. The second-order valence-corrected chi connectivity index (χ2v) is 11.5. The molecule has 3 aromatic carbocycles. The lowest BCUT2D eigenvalue weighted by molar-refractivity contribution is -0.160. The summed E-state index contributed by atoms with van der Waals surface area (Å²) in [6.07, 6.45) is 0.569. The quantitative estimate of drug-likeness (QED) is 0.169. The average Bonchev–Trinajstić information content (AvgIpc) is 3.22. The lowest BCUT2D eigenvalue weighted by Gasteiger charge is -2.19. The SMILES string of the molecule is Cc1oc(Cc2cccc(Cl)c2)nc1-c1ccc(OCc2ccc(Br)cc2COCC(=O)OC(C)(C)C)cc1. The summed E-state index contributed by atoms with van der Waals surface area (Å²) >= 11 is 9.61. The van der Waals surface area contributed by atoms with E-state index >= 15 is 0 Å². The normalized spacial score (nSPS) is 11.4. The summed E-state index contributed by atoms with van der Waals surface area (Å²) in [5, 5.41) is 0.690. The van der Waals surface area contributed by atoms with Gasteiger partial charge in [0.15, 0.2) is 5.89 Å². The predicted octanol–water partition coefficient (Wildman–Crippen LogP) is 8.09. The molecule has 0 aliphatic heterocycles. The Labute approximate surface area is 242 Å². The average molecular weight is 613 g/mol. The highest BCUT2D eigenvalue weighted by Crippen LogP contribution is 2.27. The van der Waals surface area contributed by atoms with Crippen LogP contribution in [0.5, 0.6) is 5.75 Å². The van der Waals surface area contributed by atoms with Crippen LogP contribution in [-0.4, -0.2) is 23.2 Å². The molecule has 0 saturated carbocycles. The van der Waals surface area contributed by atoms with Gasteiger partial charge in [0.2, 0.25) is 0 Å². The van der Waals surface area contributed by atoms with E-state index in [1.165, 1.54) is 0 Å². The largest absolute Gasteiger partial charge is 0.489 e. The van der Waals surface area contributed by atoms with Gasteiger partial charge in [-0.05, 0) is 92.9 Å². The van der Waals surface area contributed by atoms with E-state index in [9.17, 15) is 4.79 Å². The molecular weight excluding hydrogens is 582 g/mol. The van der Waals surface area contributed by atoms with E-state index in [-0.39, 0.29) is 13.2 Å². The van der Waals surface area contributed by atoms with Crippen LogP contribution >= 0.6 is 27.5 Å². The highest BCUT2D eigenvalue weighted by atomic mass is 79.9. The summed E-state index contributed by atoms with van der Waals surface area (Å²) in [7, 11) is 0. The molecule has 0 saturated heterocycles. The highest BCUT2D eigenvalue weighted by Gasteiger charge is 2.17. The molecule has 8 heteroatoms. The highest BCUT2D eigenvalue weighted by molar-refractivity contribution is 9.10. The number of hydrogen-bond donors (Lipinski definition) is 0. The molecule has 0 spiro atoms. The minimum Gasteiger partial charge on any atom is -0.489 e. The number of oxazole rings is 1. The topological polar surface area (TPSA) is 70.8 Å². The van der Waals surface area contributed by atoms with Crippen LogP contribution in [0.4, 0.5) is 0 Å². The number of hydrogen-bond acceptors (Lipinski definition) is 6. The van der Waals surface area contributed by atoms with Crippen molar-refractivity contribution in [1.29, 1.82) is 0 Å². The second kappa shape index (κ2) is 12.8. The molecule has 39 heavy (non-hydrogen) atoms. The van der Waals surface area contributed by atoms with Gasteiger partial charge >= 0.3 is 5.97 Å². The monoisotopic (exact) mass is 611 g/mol. The van der Waals surface area contributed by atoms with Crippen LogP contribution in [0.15, 0.2) is 75.6 Å². The number of halogens is 2. The van der Waals surface area contributed by atoms with Crippen molar-refractivity contribution in [2.45, 2.75) is 52.9 Å². The first kappa shape index (κ1) is 28.9. The lowest BCUT2D eigenvalue weighted by Crippen LogP contribution is -2.26. The Kier molecular flexibility index (Phi) is 9.49. The van der Waals surface area contributed by atoms with E-state index in [0.29, 0.717) is 23.9 Å². The van der Waals surface area contributed by atoms with Gasteiger partial charge in [0, 0.05) is 21.5 Å². The van der Waals surface area contributed by atoms with Crippen LogP contribution in [-0.2, 0) is 33.9 Å². The molecule has 0 unspecified atom stereocenters. The summed E-state index contributed by atoms with van der Waals surface area (Å²) in [4.78, 5) is 16.7. The van der Waals surface area contributed by atoms with Crippen molar-refractivity contribution in [3.8, 4) is 17.0 Å². The van der Waals surface area contributed by atoms with Crippen molar-refractivity contribution in [1.82, 2.24) is 4.98 Å². The molecule has 6 nitrogen and oxygen atoms in total. The molecule has 0 atom stereocenters. The predicted molar refractivity (Wildman–Crippen MR) is 155 cm³/mol. The molecule has 1 heterocycles. The Morgan fingerprint density at radius 3 is 2.49 bits per heavy atom. The van der Waals surface area contributed by atoms with Gasteiger partial charge in [-0.25, -0.2) is 9.78 Å². The molecule has 0 radical (unpaired) electrons. The second-order valence-electron chi connectivity index (χ2n) is 10.1. The van der Waals surface area contributed by atoms with E-state index in [4.69, 9.17) is 35.2 Å². The number of rotatable bonds is 10. The Balaban J connectivity index is 1.36. The van der Waals surface area contributed by atoms with E-state index in [0.717, 1.165) is 43.9 Å². The number of esters is 1. The fourth-order valence-corrected chi connectivity index (χ4v) is 4.59. The number of carbonyl (C=O) groups excluding carboxylic acids is 1. The summed E-state index contributed by atoms with van der Waals surface area (Å²) < 4.78 is 23.8. The first-order chi connectivity index (χ1) is 18.6. The standard InChI is InChI=1S/C31H31BrClNO5/c1-20-30(34-28(38-20)15-21-6-5-7-26(33)14-21)22-9-12-27(13-10-22)37-18-23-8-11-25(32)16-24(23)17-36-19-29(35)39-31(2,3)4/h5-14,16H,15,17-19H2,1-4H3. The molecule has 0 bridgehead atoms. The zero-order chi connectivity index (χ0) is 28.0. The zero-order valence-corrected chi connectivity index (χ0v) is 24.8. The minimum atomic E-state index is -0.545. The maximum absolute atomic E-state index is 12.0. The number of aromatic nitrogens is 1. The third-order valence-corrected chi connectivity index (χ3v) is 6.40. The molecule has 1 aromatic heterocycles. The molecule has 0 fully saturated rings. The molecular formula is C31H31BrClNO5. The van der Waals surface area contributed by atoms with E-state index < -0.39 is 11.6 Å². The van der Waals surface area contributed by atoms with Crippen LogP contribution in [0.3, 0.4) is 0 Å². The summed E-state index contributed by atoms with van der Waals surface area (Å²) in [6.45, 7) is 7.89. The fourth-order valence-electron chi connectivity index (χ4n) is 3.97. The van der Waals surface area contributed by atoms with E-state index in [1.807, 2.05) is 94.4 Å². The van der Waals surface area contributed by atoms with Gasteiger partial charge in [0.05, 0.1) is 6.61 Å². The summed E-state index contributed by atoms with van der Waals surface area (Å²) in [6, 6.07) is 21.3. The van der Waals surface area contributed by atoms with Gasteiger partial charge in [-0.2, -0.15) is 0 Å². The number of nitrogens with zero attached hydrogens (tertiary/aromatic N) is 1. The van der Waals surface area contributed by atoms with Crippen LogP contribution in [0, 0.1) is 6.92 Å². The Hall–Kier alpha value is -3.13. The maximum atomic E-state index is 12.0. The smallest absolute Gasteiger partial charge is 0.332 e. The van der Waals surface area contributed by atoms with Gasteiger partial charge in [-0.1, -0.05) is 45.7 Å². The molecule has 4 aromatic rings. The van der Waals surface area contributed by atoms with Gasteiger partial charge in [0.1, 0.15) is 36.0 Å². The molecule has 204 valence electrons. The third-order valence-electron chi connectivity index (χ3n) is 5.67. The van der Waals surface area contributed by atoms with Crippen LogP contribution in [0.2, 0.25) is 5.02 Å². The minimum absolute atomic E-state index is 0.117. The van der Waals surface area contributed by atoms with Crippen LogP contribution < -0.4 is 4.74 Å². The summed E-state index contributed by atoms with van der Waals surface area (Å²) in [5.74, 6) is 1.73. The third kappa shape index (κ3) is 8.68. The van der Waals surface area contributed by atoms with E-state index in [1.54, 1.807) is 0 Å².